The first-order chi connectivity index (χ1) is 12.6. The molecular formula is C20H28ClN3O2. The summed E-state index contributed by atoms with van der Waals surface area (Å²) >= 11 is 6.14. The van der Waals surface area contributed by atoms with E-state index in [-0.39, 0.29) is 17.9 Å². The molecule has 2 amide bonds. The van der Waals surface area contributed by atoms with E-state index in [1.54, 1.807) is 12.1 Å². The molecule has 0 radical (unpaired) electrons. The van der Waals surface area contributed by atoms with E-state index in [9.17, 15) is 9.59 Å². The molecule has 0 unspecified atom stereocenters. The fourth-order valence-corrected chi connectivity index (χ4v) is 4.07. The van der Waals surface area contributed by atoms with Gasteiger partial charge in [-0.2, -0.15) is 0 Å². The van der Waals surface area contributed by atoms with E-state index in [4.69, 9.17) is 11.6 Å². The highest BCUT2D eigenvalue weighted by Gasteiger charge is 2.29. The van der Waals surface area contributed by atoms with E-state index >= 15 is 0 Å². The lowest BCUT2D eigenvalue weighted by Crippen LogP contribution is -2.56. The summed E-state index contributed by atoms with van der Waals surface area (Å²) in [4.78, 5) is 29.2. The van der Waals surface area contributed by atoms with Crippen molar-refractivity contribution in [2.75, 3.05) is 26.2 Å². The van der Waals surface area contributed by atoms with Crippen LogP contribution in [0.25, 0.3) is 0 Å². The van der Waals surface area contributed by atoms with Crippen LogP contribution in [-0.4, -0.2) is 59.9 Å². The second-order valence-electron chi connectivity index (χ2n) is 7.33. The van der Waals surface area contributed by atoms with E-state index in [0.29, 0.717) is 42.8 Å². The molecule has 1 aromatic rings. The van der Waals surface area contributed by atoms with Crippen molar-refractivity contribution in [3.8, 4) is 0 Å². The van der Waals surface area contributed by atoms with Crippen LogP contribution in [-0.2, 0) is 4.79 Å². The van der Waals surface area contributed by atoms with Gasteiger partial charge in [0.05, 0.1) is 16.6 Å². The zero-order valence-electron chi connectivity index (χ0n) is 15.4. The fourth-order valence-electron chi connectivity index (χ4n) is 3.85. The largest absolute Gasteiger partial charge is 0.352 e. The van der Waals surface area contributed by atoms with Crippen molar-refractivity contribution in [2.45, 2.75) is 51.1 Å². The first-order valence-corrected chi connectivity index (χ1v) is 10.0. The number of rotatable bonds is 4. The molecule has 1 saturated carbocycles. The highest BCUT2D eigenvalue weighted by atomic mass is 35.5. The van der Waals surface area contributed by atoms with E-state index in [2.05, 4.69) is 10.2 Å². The smallest absolute Gasteiger partial charge is 0.255 e. The molecule has 0 bridgehead atoms. The van der Waals surface area contributed by atoms with Crippen LogP contribution < -0.4 is 5.32 Å². The Balaban J connectivity index is 1.50. The number of nitrogens with one attached hydrogen (secondary N) is 1. The predicted molar refractivity (Wildman–Crippen MR) is 103 cm³/mol. The minimum Gasteiger partial charge on any atom is -0.352 e. The molecule has 2 aliphatic rings. The Morgan fingerprint density at radius 2 is 1.73 bits per heavy atom. The molecule has 0 aromatic heterocycles. The van der Waals surface area contributed by atoms with Crippen LogP contribution in [0.5, 0.6) is 0 Å². The van der Waals surface area contributed by atoms with Crippen molar-refractivity contribution < 1.29 is 9.59 Å². The summed E-state index contributed by atoms with van der Waals surface area (Å²) < 4.78 is 0. The summed E-state index contributed by atoms with van der Waals surface area (Å²) in [6, 6.07) is 7.33. The van der Waals surface area contributed by atoms with Gasteiger partial charge in [0.25, 0.3) is 5.91 Å². The Kier molecular flexibility index (Phi) is 6.54. The predicted octanol–water partition coefficient (Wildman–Crippen LogP) is 2.94. The number of piperazine rings is 1. The van der Waals surface area contributed by atoms with Crippen molar-refractivity contribution >= 4 is 23.4 Å². The van der Waals surface area contributed by atoms with Gasteiger partial charge in [-0.25, -0.2) is 0 Å². The minimum atomic E-state index is -0.158. The van der Waals surface area contributed by atoms with Crippen LogP contribution in [0.2, 0.25) is 5.02 Å². The van der Waals surface area contributed by atoms with Gasteiger partial charge < -0.3 is 10.2 Å². The molecule has 1 aliphatic carbocycles. The van der Waals surface area contributed by atoms with Gasteiger partial charge in [0, 0.05) is 32.2 Å². The van der Waals surface area contributed by atoms with Crippen molar-refractivity contribution in [1.82, 2.24) is 15.1 Å². The number of nitrogens with zero attached hydrogens (tertiary/aromatic N) is 2. The molecule has 1 heterocycles. The van der Waals surface area contributed by atoms with Crippen molar-refractivity contribution in [3.05, 3.63) is 34.9 Å². The average Bonchev–Trinajstić information content (AvgIpc) is 2.68. The minimum absolute atomic E-state index is 0.0328. The molecule has 1 aliphatic heterocycles. The third-order valence-electron chi connectivity index (χ3n) is 5.58. The number of amides is 2. The van der Waals surface area contributed by atoms with Crippen molar-refractivity contribution in [2.24, 2.45) is 0 Å². The molecule has 1 atom stereocenters. The van der Waals surface area contributed by atoms with Gasteiger partial charge in [0.15, 0.2) is 0 Å². The highest BCUT2D eigenvalue weighted by molar-refractivity contribution is 6.33. The molecule has 0 spiro atoms. The van der Waals surface area contributed by atoms with E-state index in [0.717, 1.165) is 12.8 Å². The molecule has 5 nitrogen and oxygen atoms in total. The molecule has 2 fully saturated rings. The highest BCUT2D eigenvalue weighted by Crippen LogP contribution is 2.20. The second-order valence-corrected chi connectivity index (χ2v) is 7.73. The zero-order valence-corrected chi connectivity index (χ0v) is 16.2. The van der Waals surface area contributed by atoms with Gasteiger partial charge in [0.2, 0.25) is 5.91 Å². The number of benzene rings is 1. The third-order valence-corrected chi connectivity index (χ3v) is 5.91. The van der Waals surface area contributed by atoms with Gasteiger partial charge >= 0.3 is 0 Å². The number of hydrogen-bond acceptors (Lipinski definition) is 3. The Morgan fingerprint density at radius 3 is 2.38 bits per heavy atom. The summed E-state index contributed by atoms with van der Waals surface area (Å²) in [7, 11) is 0. The van der Waals surface area contributed by atoms with Gasteiger partial charge in [-0.3, -0.25) is 14.5 Å². The molecule has 1 N–H and O–H groups in total. The first kappa shape index (κ1) is 19.2. The number of carbonyl (C=O) groups is 2. The van der Waals surface area contributed by atoms with E-state index in [1.165, 1.54) is 19.3 Å². The van der Waals surface area contributed by atoms with Crippen LogP contribution in [0, 0.1) is 0 Å². The lowest BCUT2D eigenvalue weighted by molar-refractivity contribution is -0.127. The molecule has 3 rings (SSSR count). The third kappa shape index (κ3) is 4.57. The van der Waals surface area contributed by atoms with Gasteiger partial charge in [-0.1, -0.05) is 43.0 Å². The Bertz CT molecular complexity index is 638. The summed E-state index contributed by atoms with van der Waals surface area (Å²) in [6.45, 7) is 4.60. The number of hydrogen-bond donors (Lipinski definition) is 1. The quantitative estimate of drug-likeness (QED) is 0.877. The average molecular weight is 378 g/mol. The maximum atomic E-state index is 12.6. The zero-order chi connectivity index (χ0) is 18.5. The second kappa shape index (κ2) is 8.87. The normalized spacial score (nSPS) is 20.6. The molecule has 26 heavy (non-hydrogen) atoms. The van der Waals surface area contributed by atoms with Gasteiger partial charge in [0.1, 0.15) is 0 Å². The van der Waals surface area contributed by atoms with Gasteiger partial charge in [-0.05, 0) is 31.9 Å². The monoisotopic (exact) mass is 377 g/mol. The van der Waals surface area contributed by atoms with E-state index < -0.39 is 0 Å². The Morgan fingerprint density at radius 1 is 1.08 bits per heavy atom. The van der Waals surface area contributed by atoms with E-state index in [1.807, 2.05) is 24.0 Å². The Hall–Kier alpha value is -1.59. The number of carbonyl (C=O) groups excluding carboxylic acids is 2. The van der Waals surface area contributed by atoms with Gasteiger partial charge in [-0.15, -0.1) is 0 Å². The molecular weight excluding hydrogens is 350 g/mol. The molecule has 6 heteroatoms. The van der Waals surface area contributed by atoms with Crippen LogP contribution in [0.15, 0.2) is 24.3 Å². The lowest BCUT2D eigenvalue weighted by Gasteiger charge is -2.38. The first-order valence-electron chi connectivity index (χ1n) is 9.64. The lowest BCUT2D eigenvalue weighted by atomic mass is 9.95. The van der Waals surface area contributed by atoms with Crippen molar-refractivity contribution in [3.63, 3.8) is 0 Å². The van der Waals surface area contributed by atoms with Crippen LogP contribution in [0.3, 0.4) is 0 Å². The fraction of sp³-hybridized carbons (Fsp3) is 0.600. The molecule has 1 saturated heterocycles. The summed E-state index contributed by atoms with van der Waals surface area (Å²) in [6.07, 6.45) is 5.89. The maximum absolute atomic E-state index is 12.6. The number of halogens is 1. The van der Waals surface area contributed by atoms with Crippen LogP contribution in [0.4, 0.5) is 0 Å². The summed E-state index contributed by atoms with van der Waals surface area (Å²) in [5.41, 5.74) is 0.547. The SMILES string of the molecule is C[C@@H](C(=O)NC1CCCCC1)N1CCN(C(=O)c2ccccc2Cl)CC1. The molecule has 142 valence electrons. The topological polar surface area (TPSA) is 52.7 Å². The standard InChI is InChI=1S/C20H28ClN3O2/c1-15(19(25)22-16-7-3-2-4-8-16)23-11-13-24(14-12-23)20(26)17-9-5-6-10-18(17)21/h5-6,9-10,15-16H,2-4,7-8,11-14H2,1H3,(H,22,25)/t15-/m0/s1. The van der Waals surface area contributed by atoms with Crippen LogP contribution in [0.1, 0.15) is 49.4 Å². The summed E-state index contributed by atoms with van der Waals surface area (Å²) in [5.74, 6) is 0.0809. The maximum Gasteiger partial charge on any atom is 0.255 e. The Labute approximate surface area is 160 Å². The molecule has 1 aromatic carbocycles. The van der Waals surface area contributed by atoms with Crippen LogP contribution >= 0.6 is 11.6 Å². The summed E-state index contributed by atoms with van der Waals surface area (Å²) in [5, 5.41) is 3.69. The van der Waals surface area contributed by atoms with Crippen molar-refractivity contribution in [1.29, 1.82) is 0 Å².